The zero-order valence-electron chi connectivity index (χ0n) is 13.1. The van der Waals surface area contributed by atoms with Crippen LogP contribution in [0.25, 0.3) is 0 Å². The van der Waals surface area contributed by atoms with Crippen LogP contribution in [0, 0.1) is 5.92 Å². The molecule has 0 heteroatoms. The first-order valence-corrected chi connectivity index (χ1v) is 7.35. The molecule has 0 aromatic heterocycles. The van der Waals surface area contributed by atoms with Gasteiger partial charge in [0.05, 0.1) is 0 Å². The van der Waals surface area contributed by atoms with Crippen LogP contribution in [0.5, 0.6) is 0 Å². The first-order chi connectivity index (χ1) is 7.35. The van der Waals surface area contributed by atoms with Gasteiger partial charge in [-0.1, -0.05) is 94.4 Å². The monoisotopic (exact) mass is 218 g/mol. The van der Waals surface area contributed by atoms with Crippen LogP contribution in [0.1, 0.15) is 94.4 Å². The van der Waals surface area contributed by atoms with Gasteiger partial charge in [0.2, 0.25) is 0 Å². The van der Waals surface area contributed by atoms with E-state index < -0.39 is 0 Å². The second kappa shape index (κ2) is 37.0. The zero-order valence-corrected chi connectivity index (χ0v) is 13.1. The molecule has 0 radical (unpaired) electrons. The van der Waals surface area contributed by atoms with Crippen LogP contribution in [0.4, 0.5) is 0 Å². The van der Waals surface area contributed by atoms with Crippen molar-refractivity contribution in [1.82, 2.24) is 0 Å². The van der Waals surface area contributed by atoms with Gasteiger partial charge in [0, 0.05) is 0 Å². The fraction of sp³-hybridized carbons (Fsp3) is 1.00. The summed E-state index contributed by atoms with van der Waals surface area (Å²) in [6, 6.07) is 0. The summed E-state index contributed by atoms with van der Waals surface area (Å²) < 4.78 is 0. The van der Waals surface area contributed by atoms with Crippen molar-refractivity contribution in [2.45, 2.75) is 94.4 Å². The van der Waals surface area contributed by atoms with Gasteiger partial charge in [-0.25, -0.2) is 0 Å². The Morgan fingerprint density at radius 3 is 1.20 bits per heavy atom. The lowest BCUT2D eigenvalue weighted by Crippen LogP contribution is -1.95. The van der Waals surface area contributed by atoms with Crippen molar-refractivity contribution in [1.29, 1.82) is 0 Å². The molecule has 0 rings (SSSR count). The summed E-state index contributed by atoms with van der Waals surface area (Å²) in [5.74, 6) is 1.00. The van der Waals surface area contributed by atoms with E-state index in [9.17, 15) is 0 Å². The highest BCUT2D eigenvalue weighted by atomic mass is 14.1. The second-order valence-corrected chi connectivity index (χ2v) is 2.82. The van der Waals surface area contributed by atoms with Gasteiger partial charge >= 0.3 is 0 Å². The molecule has 0 aliphatic carbocycles. The molecule has 0 bridgehead atoms. The summed E-state index contributed by atoms with van der Waals surface area (Å²) in [7, 11) is 0. The maximum Gasteiger partial charge on any atom is -0.0420 e. The van der Waals surface area contributed by atoms with Crippen LogP contribution in [-0.4, -0.2) is 0 Å². The lowest BCUT2D eigenvalue weighted by molar-refractivity contribution is 0.438. The fourth-order valence-corrected chi connectivity index (χ4v) is 1.19. The number of rotatable bonds is 5. The molecule has 0 unspecified atom stereocenters. The smallest absolute Gasteiger partial charge is 0.0420 e. The molecule has 0 aliphatic rings. The summed E-state index contributed by atoms with van der Waals surface area (Å²) in [4.78, 5) is 0. The Hall–Kier alpha value is 0. The number of hydrogen-bond acceptors (Lipinski definition) is 0. The molecule has 0 N–H and O–H groups in total. The van der Waals surface area contributed by atoms with Crippen LogP contribution in [0.15, 0.2) is 0 Å². The minimum absolute atomic E-state index is 1.00. The zero-order chi connectivity index (χ0) is 13.1. The van der Waals surface area contributed by atoms with Gasteiger partial charge in [0.15, 0.2) is 0 Å². The molecule has 0 saturated heterocycles. The van der Waals surface area contributed by atoms with Crippen molar-refractivity contribution in [2.24, 2.45) is 5.92 Å². The lowest BCUT2D eigenvalue weighted by atomic mass is 9.97. The van der Waals surface area contributed by atoms with E-state index in [4.69, 9.17) is 0 Å². The second-order valence-electron chi connectivity index (χ2n) is 2.82. The minimum atomic E-state index is 1.00. The van der Waals surface area contributed by atoms with Gasteiger partial charge < -0.3 is 0 Å². The van der Waals surface area contributed by atoms with Crippen LogP contribution in [-0.2, 0) is 0 Å². The van der Waals surface area contributed by atoms with Gasteiger partial charge in [-0.3, -0.25) is 0 Å². The molecular weight excluding hydrogens is 180 g/mol. The summed E-state index contributed by atoms with van der Waals surface area (Å²) in [5, 5.41) is 0. The van der Waals surface area contributed by atoms with E-state index in [0.717, 1.165) is 5.92 Å². The standard InChI is InChI=1S/C9H20.3C2H6/c1-4-7-8-9(5-2)6-3;3*1-2/h9H,4-8H2,1-3H3;3*1-2H3. The molecule has 0 aromatic carbocycles. The normalized spacial score (nSPS) is 7.60. The van der Waals surface area contributed by atoms with Crippen molar-refractivity contribution in [3.63, 3.8) is 0 Å². The van der Waals surface area contributed by atoms with Crippen molar-refractivity contribution < 1.29 is 0 Å². The van der Waals surface area contributed by atoms with Gasteiger partial charge in [0.1, 0.15) is 0 Å². The summed E-state index contributed by atoms with van der Waals surface area (Å²) in [6.45, 7) is 18.9. The predicted octanol–water partition coefficient (Wildman–Crippen LogP) is 6.69. The quantitative estimate of drug-likeness (QED) is 0.482. The van der Waals surface area contributed by atoms with E-state index in [2.05, 4.69) is 20.8 Å². The first-order valence-electron chi connectivity index (χ1n) is 7.35. The number of unbranched alkanes of at least 4 members (excludes halogenated alkanes) is 1. The van der Waals surface area contributed by atoms with Crippen molar-refractivity contribution in [3.05, 3.63) is 0 Å². The highest BCUT2D eigenvalue weighted by Crippen LogP contribution is 2.15. The van der Waals surface area contributed by atoms with E-state index in [0.29, 0.717) is 0 Å². The molecule has 0 aliphatic heterocycles. The third-order valence-corrected chi connectivity index (χ3v) is 2.12. The topological polar surface area (TPSA) is 0 Å². The molecule has 0 amide bonds. The minimum Gasteiger partial charge on any atom is -0.0683 e. The summed E-state index contributed by atoms with van der Waals surface area (Å²) >= 11 is 0. The molecule has 0 saturated carbocycles. The molecule has 0 aromatic rings. The third-order valence-electron chi connectivity index (χ3n) is 2.12. The largest absolute Gasteiger partial charge is 0.0683 e. The van der Waals surface area contributed by atoms with Crippen molar-refractivity contribution >= 4 is 0 Å². The van der Waals surface area contributed by atoms with Crippen LogP contribution >= 0.6 is 0 Å². The SMILES string of the molecule is CC.CC.CC.CCCCC(CC)CC. The van der Waals surface area contributed by atoms with E-state index in [1.807, 2.05) is 41.5 Å². The van der Waals surface area contributed by atoms with Crippen LogP contribution in [0.2, 0.25) is 0 Å². The average Bonchev–Trinajstić information content (AvgIpc) is 2.38. The van der Waals surface area contributed by atoms with Crippen LogP contribution < -0.4 is 0 Å². The van der Waals surface area contributed by atoms with Crippen molar-refractivity contribution in [2.75, 3.05) is 0 Å². The van der Waals surface area contributed by atoms with Gasteiger partial charge in [-0.15, -0.1) is 0 Å². The Bertz CT molecular complexity index is 44.0. The average molecular weight is 218 g/mol. The fourth-order valence-electron chi connectivity index (χ4n) is 1.19. The van der Waals surface area contributed by atoms with Crippen molar-refractivity contribution in [3.8, 4) is 0 Å². The van der Waals surface area contributed by atoms with E-state index in [1.165, 1.54) is 32.1 Å². The third kappa shape index (κ3) is 31.5. The molecular formula is C15H38. The van der Waals surface area contributed by atoms with Gasteiger partial charge in [0.25, 0.3) is 0 Å². The molecule has 0 heterocycles. The summed E-state index contributed by atoms with van der Waals surface area (Å²) in [6.07, 6.45) is 6.97. The van der Waals surface area contributed by atoms with Gasteiger partial charge in [-0.2, -0.15) is 0 Å². The lowest BCUT2D eigenvalue weighted by Gasteiger charge is -2.09. The highest BCUT2D eigenvalue weighted by molar-refractivity contribution is 4.53. The molecule has 0 atom stereocenters. The van der Waals surface area contributed by atoms with Crippen LogP contribution in [0.3, 0.4) is 0 Å². The molecule has 0 nitrogen and oxygen atoms in total. The Balaban J connectivity index is -0.0000000860. The Morgan fingerprint density at radius 1 is 0.667 bits per heavy atom. The van der Waals surface area contributed by atoms with E-state index >= 15 is 0 Å². The Morgan fingerprint density at radius 2 is 1.00 bits per heavy atom. The highest BCUT2D eigenvalue weighted by Gasteiger charge is 2.00. The summed E-state index contributed by atoms with van der Waals surface area (Å²) in [5.41, 5.74) is 0. The molecule has 0 spiro atoms. The molecule has 0 fully saturated rings. The first kappa shape index (κ1) is 24.3. The predicted molar refractivity (Wildman–Crippen MR) is 77.6 cm³/mol. The maximum absolute atomic E-state index is 2.30. The maximum atomic E-state index is 2.30. The number of hydrogen-bond donors (Lipinski definition) is 0. The van der Waals surface area contributed by atoms with E-state index in [-0.39, 0.29) is 0 Å². The molecule has 15 heavy (non-hydrogen) atoms. The molecule has 98 valence electrons. The van der Waals surface area contributed by atoms with E-state index in [1.54, 1.807) is 0 Å². The Kier molecular flexibility index (Phi) is 59.9. The van der Waals surface area contributed by atoms with Gasteiger partial charge in [-0.05, 0) is 5.92 Å². The Labute approximate surface area is 101 Å².